The van der Waals surface area contributed by atoms with Crippen molar-refractivity contribution in [1.82, 2.24) is 0 Å². The van der Waals surface area contributed by atoms with Crippen molar-refractivity contribution in [1.29, 1.82) is 0 Å². The minimum atomic E-state index is 0.0890. The molecule has 0 aliphatic heterocycles. The highest BCUT2D eigenvalue weighted by atomic mass is 32.1. The van der Waals surface area contributed by atoms with Gasteiger partial charge in [0.25, 0.3) is 0 Å². The molecule has 0 bridgehead atoms. The Bertz CT molecular complexity index is 385. The lowest BCUT2D eigenvalue weighted by molar-refractivity contribution is 0.397. The van der Waals surface area contributed by atoms with Gasteiger partial charge in [0.2, 0.25) is 0 Å². The Kier molecular flexibility index (Phi) is 5.39. The van der Waals surface area contributed by atoms with Crippen LogP contribution in [0, 0.1) is 0 Å². The molecule has 0 aliphatic carbocycles. The van der Waals surface area contributed by atoms with E-state index in [0.29, 0.717) is 0 Å². The fourth-order valence-corrected chi connectivity index (χ4v) is 2.10. The third-order valence-electron chi connectivity index (χ3n) is 3.08. The van der Waals surface area contributed by atoms with E-state index in [1.54, 1.807) is 7.11 Å². The third kappa shape index (κ3) is 3.84. The molecule has 0 unspecified atom stereocenters. The summed E-state index contributed by atoms with van der Waals surface area (Å²) in [6, 6.07) is 6.41. The van der Waals surface area contributed by atoms with Gasteiger partial charge in [-0.3, -0.25) is 0 Å². The average Bonchev–Trinajstić information content (AvgIpc) is 2.34. The van der Waals surface area contributed by atoms with Gasteiger partial charge >= 0.3 is 0 Å². The molecule has 3 heteroatoms. The molecule has 102 valence electrons. The van der Waals surface area contributed by atoms with Crippen molar-refractivity contribution in [2.75, 3.05) is 31.4 Å². The molecule has 0 aliphatic rings. The summed E-state index contributed by atoms with van der Waals surface area (Å²) in [5, 5.41) is 0. The maximum Gasteiger partial charge on any atom is 0.122 e. The SMILES string of the molecule is COc1ccc(N(C)CCCS)cc1C(C)(C)C. The van der Waals surface area contributed by atoms with E-state index in [1.165, 1.54) is 11.3 Å². The highest BCUT2D eigenvalue weighted by Gasteiger charge is 2.19. The smallest absolute Gasteiger partial charge is 0.122 e. The van der Waals surface area contributed by atoms with Crippen molar-refractivity contribution < 1.29 is 4.74 Å². The van der Waals surface area contributed by atoms with Crippen LogP contribution in [0.4, 0.5) is 5.69 Å². The Hall–Kier alpha value is -0.830. The fraction of sp³-hybridized carbons (Fsp3) is 0.600. The fourth-order valence-electron chi connectivity index (χ4n) is 1.96. The van der Waals surface area contributed by atoms with Crippen molar-refractivity contribution in [2.45, 2.75) is 32.6 Å². The van der Waals surface area contributed by atoms with Crippen LogP contribution >= 0.6 is 12.6 Å². The molecule has 0 heterocycles. The van der Waals surface area contributed by atoms with Crippen LogP contribution in [0.5, 0.6) is 5.75 Å². The molecule has 0 radical (unpaired) electrons. The molecule has 2 nitrogen and oxygen atoms in total. The minimum Gasteiger partial charge on any atom is -0.496 e. The van der Waals surface area contributed by atoms with Gasteiger partial charge in [-0.2, -0.15) is 12.6 Å². The van der Waals surface area contributed by atoms with Gasteiger partial charge < -0.3 is 9.64 Å². The van der Waals surface area contributed by atoms with Crippen LogP contribution in [0.2, 0.25) is 0 Å². The number of thiol groups is 1. The normalized spacial score (nSPS) is 11.4. The highest BCUT2D eigenvalue weighted by molar-refractivity contribution is 7.80. The van der Waals surface area contributed by atoms with Crippen molar-refractivity contribution in [3.63, 3.8) is 0 Å². The summed E-state index contributed by atoms with van der Waals surface area (Å²) in [5.74, 6) is 1.89. The molecule has 0 saturated heterocycles. The average molecular weight is 267 g/mol. The zero-order valence-electron chi connectivity index (χ0n) is 12.2. The van der Waals surface area contributed by atoms with Gasteiger partial charge in [-0.25, -0.2) is 0 Å². The Morgan fingerprint density at radius 2 is 1.94 bits per heavy atom. The van der Waals surface area contributed by atoms with E-state index in [4.69, 9.17) is 4.74 Å². The number of anilines is 1. The van der Waals surface area contributed by atoms with E-state index >= 15 is 0 Å². The molecule has 1 rings (SSSR count). The summed E-state index contributed by atoms with van der Waals surface area (Å²) in [5.41, 5.74) is 2.58. The van der Waals surface area contributed by atoms with Crippen LogP contribution in [0.15, 0.2) is 18.2 Å². The van der Waals surface area contributed by atoms with Crippen molar-refractivity contribution in [3.8, 4) is 5.75 Å². The Morgan fingerprint density at radius 3 is 2.44 bits per heavy atom. The molecular weight excluding hydrogens is 242 g/mol. The Morgan fingerprint density at radius 1 is 1.28 bits per heavy atom. The molecule has 0 fully saturated rings. The van der Waals surface area contributed by atoms with Crippen LogP contribution in [-0.4, -0.2) is 26.5 Å². The predicted octanol–water partition coefficient (Wildman–Crippen LogP) is 3.75. The van der Waals surface area contributed by atoms with Crippen molar-refractivity contribution in [3.05, 3.63) is 23.8 Å². The van der Waals surface area contributed by atoms with Crippen LogP contribution < -0.4 is 9.64 Å². The lowest BCUT2D eigenvalue weighted by Gasteiger charge is -2.26. The standard InChI is InChI=1S/C15H25NOS/c1-15(2,3)13-11-12(7-8-14(13)17-5)16(4)9-6-10-18/h7-8,11,18H,6,9-10H2,1-5H3. The van der Waals surface area contributed by atoms with Gasteiger partial charge in [-0.15, -0.1) is 0 Å². The summed E-state index contributed by atoms with van der Waals surface area (Å²) >= 11 is 4.26. The van der Waals surface area contributed by atoms with Crippen molar-refractivity contribution in [2.24, 2.45) is 0 Å². The number of benzene rings is 1. The van der Waals surface area contributed by atoms with Gasteiger partial charge in [0.1, 0.15) is 5.75 Å². The molecule has 1 aromatic carbocycles. The van der Waals surface area contributed by atoms with E-state index < -0.39 is 0 Å². The van der Waals surface area contributed by atoms with Crippen LogP contribution in [0.25, 0.3) is 0 Å². The first kappa shape index (κ1) is 15.2. The molecule has 0 aromatic heterocycles. The maximum absolute atomic E-state index is 5.46. The number of ether oxygens (including phenoxy) is 1. The van der Waals surface area contributed by atoms with Gasteiger partial charge in [-0.1, -0.05) is 20.8 Å². The minimum absolute atomic E-state index is 0.0890. The first-order valence-corrected chi connectivity index (χ1v) is 7.04. The molecular formula is C15H25NOS. The molecule has 0 spiro atoms. The zero-order chi connectivity index (χ0) is 13.8. The molecule has 18 heavy (non-hydrogen) atoms. The predicted molar refractivity (Wildman–Crippen MR) is 83.4 cm³/mol. The second-order valence-electron chi connectivity index (χ2n) is 5.63. The molecule has 0 saturated carbocycles. The monoisotopic (exact) mass is 267 g/mol. The summed E-state index contributed by atoms with van der Waals surface area (Å²) in [7, 11) is 3.85. The van der Waals surface area contributed by atoms with Crippen LogP contribution in [0.1, 0.15) is 32.8 Å². The van der Waals surface area contributed by atoms with Crippen LogP contribution in [-0.2, 0) is 5.41 Å². The molecule has 0 N–H and O–H groups in total. The molecule has 1 aromatic rings. The van der Waals surface area contributed by atoms with Gasteiger partial charge in [0, 0.05) is 24.8 Å². The first-order chi connectivity index (χ1) is 8.40. The maximum atomic E-state index is 5.46. The number of nitrogens with zero attached hydrogens (tertiary/aromatic N) is 1. The highest BCUT2D eigenvalue weighted by Crippen LogP contribution is 2.34. The quantitative estimate of drug-likeness (QED) is 0.816. The number of rotatable bonds is 5. The van der Waals surface area contributed by atoms with Gasteiger partial charge in [0.15, 0.2) is 0 Å². The second kappa shape index (κ2) is 6.37. The zero-order valence-corrected chi connectivity index (χ0v) is 13.1. The largest absolute Gasteiger partial charge is 0.496 e. The lowest BCUT2D eigenvalue weighted by atomic mass is 9.86. The van der Waals surface area contributed by atoms with Gasteiger partial charge in [-0.05, 0) is 35.8 Å². The summed E-state index contributed by atoms with van der Waals surface area (Å²) in [6.07, 6.45) is 1.09. The summed E-state index contributed by atoms with van der Waals surface area (Å²) < 4.78 is 5.46. The summed E-state index contributed by atoms with van der Waals surface area (Å²) in [4.78, 5) is 2.27. The second-order valence-corrected chi connectivity index (χ2v) is 6.08. The van der Waals surface area contributed by atoms with Crippen LogP contribution in [0.3, 0.4) is 0 Å². The Balaban J connectivity index is 3.03. The lowest BCUT2D eigenvalue weighted by Crippen LogP contribution is -2.20. The number of hydrogen-bond donors (Lipinski definition) is 1. The number of hydrogen-bond acceptors (Lipinski definition) is 3. The summed E-state index contributed by atoms with van der Waals surface area (Å²) in [6.45, 7) is 7.66. The van der Waals surface area contributed by atoms with Crippen molar-refractivity contribution >= 4 is 18.3 Å². The molecule has 0 amide bonds. The van der Waals surface area contributed by atoms with E-state index in [-0.39, 0.29) is 5.41 Å². The first-order valence-electron chi connectivity index (χ1n) is 6.40. The van der Waals surface area contributed by atoms with E-state index in [0.717, 1.165) is 24.5 Å². The van der Waals surface area contributed by atoms with E-state index in [1.807, 2.05) is 0 Å². The number of methoxy groups -OCH3 is 1. The molecule has 0 atom stereocenters. The van der Waals surface area contributed by atoms with E-state index in [2.05, 4.69) is 63.5 Å². The van der Waals surface area contributed by atoms with Gasteiger partial charge in [0.05, 0.1) is 7.11 Å². The topological polar surface area (TPSA) is 12.5 Å². The Labute approximate surface area is 117 Å². The third-order valence-corrected chi connectivity index (χ3v) is 3.40. The van der Waals surface area contributed by atoms with E-state index in [9.17, 15) is 0 Å².